The van der Waals surface area contributed by atoms with Crippen LogP contribution >= 0.6 is 0 Å². The number of hydrogen-bond donors (Lipinski definition) is 1. The minimum atomic E-state index is -1.58. The van der Waals surface area contributed by atoms with Crippen LogP contribution in [0.4, 0.5) is 0 Å². The van der Waals surface area contributed by atoms with Crippen molar-refractivity contribution in [2.24, 2.45) is 10.8 Å². The predicted octanol–water partition coefficient (Wildman–Crippen LogP) is 0.284. The van der Waals surface area contributed by atoms with E-state index in [2.05, 4.69) is 0 Å². The van der Waals surface area contributed by atoms with Crippen molar-refractivity contribution >= 4 is 5.90 Å². The van der Waals surface area contributed by atoms with Gasteiger partial charge in [-0.15, -0.1) is 0 Å². The Morgan fingerprint density at radius 1 is 1.27 bits per heavy atom. The molecule has 1 N–H and O–H groups in total. The SMILES string of the molecule is N#CC1(C#N)CC2OCC1(C#N)C(=N)O2. The molecule has 0 spiro atoms. The summed E-state index contributed by atoms with van der Waals surface area (Å²) in [6.45, 7) is -0.131. The van der Waals surface area contributed by atoms with Gasteiger partial charge in [0.1, 0.15) is 0 Å². The van der Waals surface area contributed by atoms with Gasteiger partial charge in [0.2, 0.25) is 12.2 Å². The van der Waals surface area contributed by atoms with E-state index in [1.807, 2.05) is 18.2 Å². The number of rotatable bonds is 0. The van der Waals surface area contributed by atoms with E-state index in [-0.39, 0.29) is 18.9 Å². The van der Waals surface area contributed by atoms with Crippen LogP contribution in [0.5, 0.6) is 0 Å². The molecule has 0 aromatic carbocycles. The van der Waals surface area contributed by atoms with Gasteiger partial charge in [0, 0.05) is 6.42 Å². The predicted molar refractivity (Wildman–Crippen MR) is 44.9 cm³/mol. The first-order chi connectivity index (χ1) is 7.14. The van der Waals surface area contributed by atoms with Crippen LogP contribution in [0.1, 0.15) is 6.42 Å². The number of nitriles is 3. The molecule has 3 heterocycles. The Morgan fingerprint density at radius 3 is 2.33 bits per heavy atom. The Labute approximate surface area is 85.7 Å². The van der Waals surface area contributed by atoms with Crippen molar-refractivity contribution in [2.45, 2.75) is 12.7 Å². The van der Waals surface area contributed by atoms with Crippen LogP contribution in [0.3, 0.4) is 0 Å². The molecule has 2 bridgehead atoms. The molecule has 0 amide bonds. The highest BCUT2D eigenvalue weighted by molar-refractivity contribution is 5.87. The van der Waals surface area contributed by atoms with Crippen molar-refractivity contribution in [3.05, 3.63) is 0 Å². The van der Waals surface area contributed by atoms with Crippen molar-refractivity contribution in [1.29, 1.82) is 21.2 Å². The summed E-state index contributed by atoms with van der Waals surface area (Å²) in [5.74, 6) is -0.337. The lowest BCUT2D eigenvalue weighted by atomic mass is 9.61. The number of hydrogen-bond acceptors (Lipinski definition) is 6. The van der Waals surface area contributed by atoms with E-state index < -0.39 is 17.1 Å². The van der Waals surface area contributed by atoms with Gasteiger partial charge in [0.15, 0.2) is 10.8 Å². The Bertz CT molecular complexity index is 438. The highest BCUT2D eigenvalue weighted by atomic mass is 16.7. The van der Waals surface area contributed by atoms with Crippen molar-refractivity contribution in [2.75, 3.05) is 6.61 Å². The maximum atomic E-state index is 9.08. The first kappa shape index (κ1) is 9.45. The molecule has 6 heteroatoms. The largest absolute Gasteiger partial charge is 0.450 e. The quantitative estimate of drug-likeness (QED) is 0.606. The highest BCUT2D eigenvalue weighted by Gasteiger charge is 2.66. The van der Waals surface area contributed by atoms with Crippen molar-refractivity contribution in [3.8, 4) is 18.2 Å². The van der Waals surface area contributed by atoms with E-state index in [1.54, 1.807) is 0 Å². The molecular formula is C9H6N4O2. The zero-order chi connectivity index (χ0) is 11.1. The summed E-state index contributed by atoms with van der Waals surface area (Å²) in [7, 11) is 0. The smallest absolute Gasteiger partial charge is 0.209 e. The standard InChI is InChI=1S/C9H6N4O2/c10-2-8(3-11)1-6-14-5-9(8,4-12)7(13)15-6/h6,13H,1,5H2. The van der Waals surface area contributed by atoms with Crippen LogP contribution in [0, 0.1) is 50.2 Å². The maximum Gasteiger partial charge on any atom is 0.209 e. The second-order valence-electron chi connectivity index (χ2n) is 3.54. The molecule has 0 aromatic heterocycles. The van der Waals surface area contributed by atoms with Gasteiger partial charge in [-0.3, -0.25) is 5.41 Å². The van der Waals surface area contributed by atoms with Gasteiger partial charge in [-0.05, 0) is 0 Å². The fraction of sp³-hybridized carbons (Fsp3) is 0.556. The van der Waals surface area contributed by atoms with Gasteiger partial charge in [-0.1, -0.05) is 0 Å². The second kappa shape index (κ2) is 2.70. The van der Waals surface area contributed by atoms with E-state index in [0.29, 0.717) is 0 Å². The lowest BCUT2D eigenvalue weighted by Crippen LogP contribution is -2.61. The van der Waals surface area contributed by atoms with Gasteiger partial charge in [0.05, 0.1) is 24.8 Å². The Kier molecular flexibility index (Phi) is 1.70. The fourth-order valence-electron chi connectivity index (χ4n) is 1.88. The molecule has 2 unspecified atom stereocenters. The molecule has 0 radical (unpaired) electrons. The third-order valence-corrected chi connectivity index (χ3v) is 2.90. The van der Waals surface area contributed by atoms with E-state index >= 15 is 0 Å². The zero-order valence-electron chi connectivity index (χ0n) is 7.65. The molecule has 0 aromatic rings. The second-order valence-corrected chi connectivity index (χ2v) is 3.54. The molecule has 6 nitrogen and oxygen atoms in total. The minimum absolute atomic E-state index is 0.00986. The van der Waals surface area contributed by atoms with Crippen LogP contribution in [-0.4, -0.2) is 18.8 Å². The van der Waals surface area contributed by atoms with E-state index in [0.717, 1.165) is 0 Å². The molecule has 3 saturated heterocycles. The van der Waals surface area contributed by atoms with Crippen molar-refractivity contribution < 1.29 is 9.47 Å². The van der Waals surface area contributed by atoms with Crippen LogP contribution < -0.4 is 0 Å². The molecule has 3 fully saturated rings. The maximum absolute atomic E-state index is 9.08. The lowest BCUT2D eigenvalue weighted by molar-refractivity contribution is -0.201. The van der Waals surface area contributed by atoms with Gasteiger partial charge >= 0.3 is 0 Å². The molecular weight excluding hydrogens is 196 g/mol. The highest BCUT2D eigenvalue weighted by Crippen LogP contribution is 2.51. The van der Waals surface area contributed by atoms with Crippen LogP contribution in [0.25, 0.3) is 0 Å². The third-order valence-electron chi connectivity index (χ3n) is 2.90. The lowest BCUT2D eigenvalue weighted by Gasteiger charge is -2.48. The van der Waals surface area contributed by atoms with E-state index in [1.165, 1.54) is 0 Å². The fourth-order valence-corrected chi connectivity index (χ4v) is 1.88. The average molecular weight is 202 g/mol. The molecule has 3 rings (SSSR count). The molecule has 74 valence electrons. The normalized spacial score (nSPS) is 35.8. The molecule has 15 heavy (non-hydrogen) atoms. The minimum Gasteiger partial charge on any atom is -0.450 e. The van der Waals surface area contributed by atoms with E-state index in [4.69, 9.17) is 30.7 Å². The molecule has 2 atom stereocenters. The van der Waals surface area contributed by atoms with Crippen LogP contribution in [0.15, 0.2) is 0 Å². The average Bonchev–Trinajstić information content (AvgIpc) is 2.29. The van der Waals surface area contributed by atoms with Crippen molar-refractivity contribution in [1.82, 2.24) is 0 Å². The van der Waals surface area contributed by atoms with Gasteiger partial charge in [-0.2, -0.15) is 15.8 Å². The molecule has 0 saturated carbocycles. The van der Waals surface area contributed by atoms with Gasteiger partial charge in [0.25, 0.3) is 0 Å². The molecule has 0 aliphatic carbocycles. The summed E-state index contributed by atoms with van der Waals surface area (Å²) in [5.41, 5.74) is -3.11. The van der Waals surface area contributed by atoms with Crippen LogP contribution in [0.2, 0.25) is 0 Å². The Hall–Kier alpha value is -2.10. The number of nitrogens with one attached hydrogen (secondary N) is 1. The third kappa shape index (κ3) is 0.857. The topological polar surface area (TPSA) is 114 Å². The summed E-state index contributed by atoms with van der Waals surface area (Å²) in [4.78, 5) is 0. The van der Waals surface area contributed by atoms with Gasteiger partial charge in [-0.25, -0.2) is 0 Å². The summed E-state index contributed by atoms with van der Waals surface area (Å²) >= 11 is 0. The van der Waals surface area contributed by atoms with Crippen molar-refractivity contribution in [3.63, 3.8) is 0 Å². The zero-order valence-corrected chi connectivity index (χ0v) is 7.65. The molecule has 3 aliphatic rings. The Morgan fingerprint density at radius 2 is 1.93 bits per heavy atom. The molecule has 3 aliphatic heterocycles. The van der Waals surface area contributed by atoms with Gasteiger partial charge < -0.3 is 9.47 Å². The summed E-state index contributed by atoms with van der Waals surface area (Å²) in [6.07, 6.45) is -0.748. The summed E-state index contributed by atoms with van der Waals surface area (Å²) in [6, 6.07) is 5.50. The summed E-state index contributed by atoms with van der Waals surface area (Å²) < 4.78 is 10.1. The number of ether oxygens (including phenoxy) is 2. The number of fused-ring (bicyclic) bond motifs is 3. The Balaban J connectivity index is 2.62. The monoisotopic (exact) mass is 202 g/mol. The first-order valence-corrected chi connectivity index (χ1v) is 4.25. The van der Waals surface area contributed by atoms with E-state index in [9.17, 15) is 0 Å². The summed E-state index contributed by atoms with van der Waals surface area (Å²) in [5, 5.41) is 34.7. The first-order valence-electron chi connectivity index (χ1n) is 4.25. The number of nitrogens with zero attached hydrogens (tertiary/aromatic N) is 3. The van der Waals surface area contributed by atoms with Crippen LogP contribution in [-0.2, 0) is 9.47 Å².